The molecule has 0 saturated carbocycles. The molecule has 21 heavy (non-hydrogen) atoms. The highest BCUT2D eigenvalue weighted by Gasteiger charge is 2.10. The largest absolute Gasteiger partial charge is 0.355 e. The van der Waals surface area contributed by atoms with Crippen molar-refractivity contribution in [2.24, 2.45) is 4.99 Å². The van der Waals surface area contributed by atoms with Crippen molar-refractivity contribution in [2.45, 2.75) is 32.2 Å². The molecular formula is C17H28N4. The highest BCUT2D eigenvalue weighted by molar-refractivity contribution is 5.80. The van der Waals surface area contributed by atoms with Crippen LogP contribution in [-0.2, 0) is 0 Å². The summed E-state index contributed by atoms with van der Waals surface area (Å²) in [5.74, 6) is 0.878. The van der Waals surface area contributed by atoms with Crippen LogP contribution in [0.4, 0.5) is 0 Å². The zero-order valence-corrected chi connectivity index (χ0v) is 13.3. The Hall–Kier alpha value is -1.55. The molecule has 1 aliphatic heterocycles. The molecule has 1 saturated heterocycles. The Morgan fingerprint density at radius 1 is 1.19 bits per heavy atom. The van der Waals surface area contributed by atoms with Crippen LogP contribution in [0.5, 0.6) is 0 Å². The molecule has 1 aromatic rings. The van der Waals surface area contributed by atoms with E-state index in [2.05, 4.69) is 51.7 Å². The average molecular weight is 288 g/mol. The maximum atomic E-state index is 4.31. The number of rotatable bonds is 5. The summed E-state index contributed by atoms with van der Waals surface area (Å²) in [6.45, 7) is 6.69. The molecular weight excluding hydrogens is 260 g/mol. The lowest BCUT2D eigenvalue weighted by Gasteiger charge is -2.27. The van der Waals surface area contributed by atoms with Gasteiger partial charge in [-0.15, -0.1) is 0 Å². The number of piperidine rings is 1. The van der Waals surface area contributed by atoms with Gasteiger partial charge in [0.2, 0.25) is 0 Å². The highest BCUT2D eigenvalue weighted by Crippen LogP contribution is 2.10. The third kappa shape index (κ3) is 5.38. The zero-order valence-electron chi connectivity index (χ0n) is 13.3. The second kappa shape index (κ2) is 8.67. The molecule has 0 radical (unpaired) electrons. The maximum absolute atomic E-state index is 4.31. The molecule has 2 rings (SSSR count). The van der Waals surface area contributed by atoms with E-state index in [0.717, 1.165) is 19.0 Å². The van der Waals surface area contributed by atoms with E-state index in [1.807, 2.05) is 13.1 Å². The topological polar surface area (TPSA) is 39.7 Å². The predicted octanol–water partition coefficient (Wildman–Crippen LogP) is 2.40. The Labute approximate surface area is 128 Å². The predicted molar refractivity (Wildman–Crippen MR) is 89.6 cm³/mol. The molecule has 0 bridgehead atoms. The van der Waals surface area contributed by atoms with Gasteiger partial charge in [-0.2, -0.15) is 0 Å². The van der Waals surface area contributed by atoms with Crippen molar-refractivity contribution in [1.29, 1.82) is 0 Å². The number of likely N-dealkylation sites (tertiary alicyclic amines) is 1. The van der Waals surface area contributed by atoms with Gasteiger partial charge in [-0.3, -0.25) is 4.99 Å². The Kier molecular flexibility index (Phi) is 6.54. The molecule has 1 atom stereocenters. The molecule has 1 heterocycles. The first-order valence-electron chi connectivity index (χ1n) is 8.04. The van der Waals surface area contributed by atoms with Crippen LogP contribution in [0.25, 0.3) is 0 Å². The molecule has 0 aliphatic carbocycles. The van der Waals surface area contributed by atoms with Gasteiger partial charge in [-0.05, 0) is 38.4 Å². The van der Waals surface area contributed by atoms with Crippen LogP contribution in [-0.4, -0.2) is 44.1 Å². The van der Waals surface area contributed by atoms with Gasteiger partial charge in [0.1, 0.15) is 0 Å². The van der Waals surface area contributed by atoms with E-state index in [4.69, 9.17) is 0 Å². The fourth-order valence-corrected chi connectivity index (χ4v) is 2.74. The van der Waals surface area contributed by atoms with Crippen molar-refractivity contribution in [2.75, 3.05) is 33.2 Å². The Balaban J connectivity index is 1.73. The van der Waals surface area contributed by atoms with Crippen molar-refractivity contribution in [3.05, 3.63) is 35.9 Å². The smallest absolute Gasteiger partial charge is 0.191 e. The standard InChI is InChI=1S/C17H28N4/c1-15(16-9-5-3-6-10-16)20-17(18-2)19-11-14-21-12-7-4-8-13-21/h3,5-6,9-10,15H,4,7-8,11-14H2,1-2H3,(H2,18,19,20). The van der Waals surface area contributed by atoms with E-state index in [9.17, 15) is 0 Å². The molecule has 4 heteroatoms. The van der Waals surface area contributed by atoms with Gasteiger partial charge in [0.15, 0.2) is 5.96 Å². The van der Waals surface area contributed by atoms with E-state index in [0.29, 0.717) is 0 Å². The highest BCUT2D eigenvalue weighted by atomic mass is 15.2. The summed E-state index contributed by atoms with van der Waals surface area (Å²) >= 11 is 0. The van der Waals surface area contributed by atoms with Crippen LogP contribution in [0, 0.1) is 0 Å². The minimum atomic E-state index is 0.257. The molecule has 4 nitrogen and oxygen atoms in total. The number of hydrogen-bond acceptors (Lipinski definition) is 2. The number of guanidine groups is 1. The van der Waals surface area contributed by atoms with Crippen LogP contribution in [0.15, 0.2) is 35.3 Å². The lowest BCUT2D eigenvalue weighted by Crippen LogP contribution is -2.43. The SMILES string of the molecule is CN=C(NCCN1CCCCC1)NC(C)c1ccccc1. The van der Waals surface area contributed by atoms with Gasteiger partial charge >= 0.3 is 0 Å². The first kappa shape index (κ1) is 15.8. The number of nitrogens with zero attached hydrogens (tertiary/aromatic N) is 2. The summed E-state index contributed by atoms with van der Waals surface area (Å²) in [6, 6.07) is 10.7. The number of nitrogens with one attached hydrogen (secondary N) is 2. The van der Waals surface area contributed by atoms with E-state index in [-0.39, 0.29) is 6.04 Å². The van der Waals surface area contributed by atoms with Gasteiger partial charge in [0.05, 0.1) is 6.04 Å². The first-order valence-corrected chi connectivity index (χ1v) is 8.04. The molecule has 0 spiro atoms. The quantitative estimate of drug-likeness (QED) is 0.645. The second-order valence-corrected chi connectivity index (χ2v) is 5.68. The summed E-state index contributed by atoms with van der Waals surface area (Å²) in [5, 5.41) is 6.86. The van der Waals surface area contributed by atoms with E-state index < -0.39 is 0 Å². The van der Waals surface area contributed by atoms with Gasteiger partial charge in [-0.1, -0.05) is 36.8 Å². The lowest BCUT2D eigenvalue weighted by atomic mass is 10.1. The number of hydrogen-bond donors (Lipinski definition) is 2. The number of aliphatic imine (C=N–C) groups is 1. The van der Waals surface area contributed by atoms with Crippen LogP contribution in [0.2, 0.25) is 0 Å². The normalized spacial score (nSPS) is 18.3. The van der Waals surface area contributed by atoms with Crippen molar-refractivity contribution in [1.82, 2.24) is 15.5 Å². The Morgan fingerprint density at radius 3 is 2.57 bits per heavy atom. The number of benzene rings is 1. The van der Waals surface area contributed by atoms with Gasteiger partial charge < -0.3 is 15.5 Å². The first-order chi connectivity index (χ1) is 10.3. The van der Waals surface area contributed by atoms with E-state index in [1.165, 1.54) is 37.9 Å². The maximum Gasteiger partial charge on any atom is 0.191 e. The average Bonchev–Trinajstić information content (AvgIpc) is 2.55. The van der Waals surface area contributed by atoms with Crippen molar-refractivity contribution in [3.63, 3.8) is 0 Å². The fourth-order valence-electron chi connectivity index (χ4n) is 2.74. The molecule has 1 fully saturated rings. The molecule has 0 aromatic heterocycles. The summed E-state index contributed by atoms with van der Waals surface area (Å²) in [6.07, 6.45) is 4.08. The second-order valence-electron chi connectivity index (χ2n) is 5.68. The minimum absolute atomic E-state index is 0.257. The Morgan fingerprint density at radius 2 is 1.90 bits per heavy atom. The minimum Gasteiger partial charge on any atom is -0.355 e. The summed E-state index contributed by atoms with van der Waals surface area (Å²) < 4.78 is 0. The molecule has 1 aromatic carbocycles. The van der Waals surface area contributed by atoms with Crippen molar-refractivity contribution >= 4 is 5.96 Å². The monoisotopic (exact) mass is 288 g/mol. The van der Waals surface area contributed by atoms with Crippen LogP contribution in [0.1, 0.15) is 37.8 Å². The lowest BCUT2D eigenvalue weighted by molar-refractivity contribution is 0.232. The third-order valence-electron chi connectivity index (χ3n) is 4.05. The molecule has 1 unspecified atom stereocenters. The van der Waals surface area contributed by atoms with Crippen molar-refractivity contribution < 1.29 is 0 Å². The van der Waals surface area contributed by atoms with E-state index >= 15 is 0 Å². The molecule has 0 amide bonds. The Bertz CT molecular complexity index is 424. The molecule has 116 valence electrons. The molecule has 1 aliphatic rings. The van der Waals surface area contributed by atoms with Crippen LogP contribution >= 0.6 is 0 Å². The zero-order chi connectivity index (χ0) is 14.9. The third-order valence-corrected chi connectivity index (χ3v) is 4.05. The fraction of sp³-hybridized carbons (Fsp3) is 0.588. The van der Waals surface area contributed by atoms with Gasteiger partial charge in [-0.25, -0.2) is 0 Å². The summed E-state index contributed by atoms with van der Waals surface area (Å²) in [4.78, 5) is 6.84. The van der Waals surface area contributed by atoms with Crippen molar-refractivity contribution in [3.8, 4) is 0 Å². The summed E-state index contributed by atoms with van der Waals surface area (Å²) in [7, 11) is 1.83. The van der Waals surface area contributed by atoms with Gasteiger partial charge in [0.25, 0.3) is 0 Å². The van der Waals surface area contributed by atoms with Crippen LogP contribution in [0.3, 0.4) is 0 Å². The molecule has 2 N–H and O–H groups in total. The summed E-state index contributed by atoms with van der Waals surface area (Å²) in [5.41, 5.74) is 1.27. The van der Waals surface area contributed by atoms with Crippen LogP contribution < -0.4 is 10.6 Å². The van der Waals surface area contributed by atoms with Gasteiger partial charge in [0, 0.05) is 20.1 Å². The van der Waals surface area contributed by atoms with E-state index in [1.54, 1.807) is 0 Å².